The number of anilines is 2. The summed E-state index contributed by atoms with van der Waals surface area (Å²) in [4.78, 5) is 2.12. The molecule has 3 nitrogen and oxygen atoms in total. The minimum absolute atomic E-state index is 0.234. The van der Waals surface area contributed by atoms with E-state index in [1.54, 1.807) is 0 Å². The Hall–Kier alpha value is -2.00. The normalized spacial score (nSPS) is 24.9. The molecule has 3 rings (SSSR count). The molecule has 0 fully saturated rings. The quantitative estimate of drug-likeness (QED) is 0.885. The Balaban J connectivity index is 2.01. The van der Waals surface area contributed by atoms with Gasteiger partial charge in [0.1, 0.15) is 6.23 Å². The molecule has 122 valence electrons. The predicted octanol–water partition coefficient (Wildman–Crippen LogP) is 4.33. The Kier molecular flexibility index (Phi) is 4.31. The summed E-state index contributed by atoms with van der Waals surface area (Å²) < 4.78 is 0. The summed E-state index contributed by atoms with van der Waals surface area (Å²) in [6.07, 6.45) is -0.492. The number of nitrogens with zero attached hydrogens (tertiary/aromatic N) is 1. The first-order valence-electron chi connectivity index (χ1n) is 8.37. The first-order chi connectivity index (χ1) is 11.0. The van der Waals surface area contributed by atoms with Crippen LogP contribution < -0.4 is 10.2 Å². The van der Waals surface area contributed by atoms with Gasteiger partial charge in [0.2, 0.25) is 0 Å². The van der Waals surface area contributed by atoms with E-state index in [2.05, 4.69) is 73.5 Å². The van der Waals surface area contributed by atoms with Crippen LogP contribution in [0.2, 0.25) is 0 Å². The molecule has 4 atom stereocenters. The van der Waals surface area contributed by atoms with Crippen LogP contribution in [0.3, 0.4) is 0 Å². The van der Waals surface area contributed by atoms with Crippen LogP contribution in [0.5, 0.6) is 0 Å². The number of para-hydroxylation sites is 1. The fraction of sp³-hybridized carbons (Fsp3) is 0.400. The molecule has 0 amide bonds. The van der Waals surface area contributed by atoms with E-state index < -0.39 is 6.23 Å². The third kappa shape index (κ3) is 2.93. The topological polar surface area (TPSA) is 35.5 Å². The molecule has 3 heteroatoms. The molecule has 1 aliphatic heterocycles. The first kappa shape index (κ1) is 15.9. The van der Waals surface area contributed by atoms with Crippen LogP contribution in [-0.2, 0) is 0 Å². The molecule has 0 bridgehead atoms. The molecule has 0 saturated carbocycles. The van der Waals surface area contributed by atoms with Crippen LogP contribution in [-0.4, -0.2) is 17.4 Å². The molecule has 4 unspecified atom stereocenters. The van der Waals surface area contributed by atoms with E-state index in [1.807, 2.05) is 13.0 Å². The summed E-state index contributed by atoms with van der Waals surface area (Å²) in [7, 11) is 0. The summed E-state index contributed by atoms with van der Waals surface area (Å²) in [5.41, 5.74) is 4.78. The van der Waals surface area contributed by atoms with Crippen molar-refractivity contribution in [1.29, 1.82) is 0 Å². The average Bonchev–Trinajstić information content (AvgIpc) is 2.51. The van der Waals surface area contributed by atoms with Crippen molar-refractivity contribution in [2.45, 2.75) is 46.0 Å². The molecule has 0 aromatic heterocycles. The fourth-order valence-corrected chi connectivity index (χ4v) is 3.69. The Labute approximate surface area is 139 Å². The second-order valence-corrected chi connectivity index (χ2v) is 6.69. The van der Waals surface area contributed by atoms with Crippen LogP contribution in [0.25, 0.3) is 0 Å². The third-order valence-corrected chi connectivity index (χ3v) is 5.02. The maximum absolute atomic E-state index is 10.2. The van der Waals surface area contributed by atoms with Crippen molar-refractivity contribution in [1.82, 2.24) is 0 Å². The Morgan fingerprint density at radius 3 is 2.52 bits per heavy atom. The summed E-state index contributed by atoms with van der Waals surface area (Å²) in [6.45, 7) is 8.40. The van der Waals surface area contributed by atoms with Gasteiger partial charge in [0.25, 0.3) is 0 Å². The fourth-order valence-electron chi connectivity index (χ4n) is 3.69. The molecule has 2 aromatic rings. The summed E-state index contributed by atoms with van der Waals surface area (Å²) in [5.74, 6) is 0.375. The van der Waals surface area contributed by atoms with Crippen LogP contribution >= 0.6 is 0 Å². The standard InChI is InChI=1S/C20H26N2O/c1-13-8-7-9-17(12-13)21-20-14(2)15(3)22(16(4)23)19-11-6-5-10-18(19)20/h5-12,14-16,20-21,23H,1-4H3. The molecule has 1 aliphatic rings. The number of aryl methyl sites for hydroxylation is 1. The van der Waals surface area contributed by atoms with Crippen molar-refractivity contribution in [2.24, 2.45) is 5.92 Å². The maximum Gasteiger partial charge on any atom is 0.124 e. The van der Waals surface area contributed by atoms with Gasteiger partial charge in [0.05, 0.1) is 6.04 Å². The Bertz CT molecular complexity index is 683. The van der Waals surface area contributed by atoms with Gasteiger partial charge in [-0.2, -0.15) is 0 Å². The van der Waals surface area contributed by atoms with E-state index in [-0.39, 0.29) is 12.1 Å². The lowest BCUT2D eigenvalue weighted by Gasteiger charge is -2.46. The Morgan fingerprint density at radius 2 is 1.83 bits per heavy atom. The van der Waals surface area contributed by atoms with Gasteiger partial charge in [-0.1, -0.05) is 37.3 Å². The Morgan fingerprint density at radius 1 is 1.09 bits per heavy atom. The zero-order valence-electron chi connectivity index (χ0n) is 14.3. The number of fused-ring (bicyclic) bond motifs is 1. The number of aliphatic hydroxyl groups excluding tert-OH is 1. The van der Waals surface area contributed by atoms with Crippen molar-refractivity contribution in [3.05, 3.63) is 59.7 Å². The van der Waals surface area contributed by atoms with Crippen molar-refractivity contribution >= 4 is 11.4 Å². The molecule has 0 spiro atoms. The second-order valence-electron chi connectivity index (χ2n) is 6.69. The van der Waals surface area contributed by atoms with Gasteiger partial charge in [-0.25, -0.2) is 0 Å². The molecule has 0 saturated heterocycles. The van der Waals surface area contributed by atoms with Crippen LogP contribution in [0, 0.1) is 12.8 Å². The van der Waals surface area contributed by atoms with Gasteiger partial charge in [0.15, 0.2) is 0 Å². The number of rotatable bonds is 3. The highest BCUT2D eigenvalue weighted by atomic mass is 16.3. The summed E-state index contributed by atoms with van der Waals surface area (Å²) >= 11 is 0. The van der Waals surface area contributed by atoms with Gasteiger partial charge >= 0.3 is 0 Å². The highest BCUT2D eigenvalue weighted by molar-refractivity contribution is 5.61. The van der Waals surface area contributed by atoms with E-state index in [4.69, 9.17) is 0 Å². The molecule has 23 heavy (non-hydrogen) atoms. The van der Waals surface area contributed by atoms with Crippen molar-refractivity contribution in [3.8, 4) is 0 Å². The van der Waals surface area contributed by atoms with Crippen LogP contribution in [0.4, 0.5) is 11.4 Å². The maximum atomic E-state index is 10.2. The smallest absolute Gasteiger partial charge is 0.124 e. The third-order valence-electron chi connectivity index (χ3n) is 5.02. The van der Waals surface area contributed by atoms with Crippen molar-refractivity contribution in [3.63, 3.8) is 0 Å². The lowest BCUT2D eigenvalue weighted by molar-refractivity contribution is 0.161. The van der Waals surface area contributed by atoms with E-state index in [1.165, 1.54) is 11.1 Å². The number of hydrogen-bond donors (Lipinski definition) is 2. The predicted molar refractivity (Wildman–Crippen MR) is 96.8 cm³/mol. The van der Waals surface area contributed by atoms with Gasteiger partial charge < -0.3 is 15.3 Å². The minimum atomic E-state index is -0.492. The highest BCUT2D eigenvalue weighted by Crippen LogP contribution is 2.42. The van der Waals surface area contributed by atoms with Crippen molar-refractivity contribution in [2.75, 3.05) is 10.2 Å². The van der Waals surface area contributed by atoms with Gasteiger partial charge in [-0.15, -0.1) is 0 Å². The van der Waals surface area contributed by atoms with Gasteiger partial charge in [0, 0.05) is 23.3 Å². The SMILES string of the molecule is Cc1cccc(NC2c3ccccc3N(C(C)O)C(C)C2C)c1. The molecule has 2 N–H and O–H groups in total. The van der Waals surface area contributed by atoms with E-state index >= 15 is 0 Å². The number of hydrogen-bond acceptors (Lipinski definition) is 3. The zero-order chi connectivity index (χ0) is 16.6. The minimum Gasteiger partial charge on any atom is -0.378 e. The molecule has 1 heterocycles. The van der Waals surface area contributed by atoms with E-state index in [9.17, 15) is 5.11 Å². The van der Waals surface area contributed by atoms with E-state index in [0.717, 1.165) is 11.4 Å². The highest BCUT2D eigenvalue weighted by Gasteiger charge is 2.37. The lowest BCUT2D eigenvalue weighted by atomic mass is 9.82. The van der Waals surface area contributed by atoms with Crippen LogP contribution in [0.1, 0.15) is 37.9 Å². The monoisotopic (exact) mass is 310 g/mol. The van der Waals surface area contributed by atoms with Gasteiger partial charge in [-0.3, -0.25) is 0 Å². The lowest BCUT2D eigenvalue weighted by Crippen LogP contribution is -2.50. The van der Waals surface area contributed by atoms with E-state index in [0.29, 0.717) is 5.92 Å². The molecule has 2 aromatic carbocycles. The zero-order valence-corrected chi connectivity index (χ0v) is 14.3. The van der Waals surface area contributed by atoms with Gasteiger partial charge in [-0.05, 0) is 50.1 Å². The largest absolute Gasteiger partial charge is 0.378 e. The molecular weight excluding hydrogens is 284 g/mol. The summed E-state index contributed by atoms with van der Waals surface area (Å²) in [6, 6.07) is 17.4. The first-order valence-corrected chi connectivity index (χ1v) is 8.37. The molecule has 0 aliphatic carbocycles. The van der Waals surface area contributed by atoms with Crippen molar-refractivity contribution < 1.29 is 5.11 Å². The average molecular weight is 310 g/mol. The number of nitrogens with one attached hydrogen (secondary N) is 1. The second kappa shape index (κ2) is 6.25. The summed E-state index contributed by atoms with van der Waals surface area (Å²) in [5, 5.41) is 13.9. The number of benzene rings is 2. The molecular formula is C20H26N2O. The number of aliphatic hydroxyl groups is 1. The molecule has 0 radical (unpaired) electrons. The van der Waals surface area contributed by atoms with Crippen LogP contribution in [0.15, 0.2) is 48.5 Å².